The van der Waals surface area contributed by atoms with E-state index in [2.05, 4.69) is 16.9 Å². The third-order valence-electron chi connectivity index (χ3n) is 4.47. The van der Waals surface area contributed by atoms with Crippen molar-refractivity contribution < 1.29 is 22.1 Å². The standard InChI is InChI=1S/C12H17FN2O.C7H8O3S/c1-3-9-6-11(7-14-12(9)13)16-8-10-4-5-15(10)2;1-6-2-4-7(5-3-6)11(8,9)10/h6-7,10H,3-5,8H2,1-2H3;2-5H,1H3,(H,8,9,10)/t10-;/m1./s1. The third kappa shape index (κ3) is 6.27. The molecular weight excluding hydrogens is 371 g/mol. The molecule has 0 amide bonds. The lowest BCUT2D eigenvalue weighted by Crippen LogP contribution is -2.48. The van der Waals surface area contributed by atoms with E-state index in [1.165, 1.54) is 24.8 Å². The molecule has 0 radical (unpaired) electrons. The highest BCUT2D eigenvalue weighted by atomic mass is 32.2. The molecule has 1 saturated heterocycles. The lowest BCUT2D eigenvalue weighted by molar-refractivity contribution is 0.0766. The summed E-state index contributed by atoms with van der Waals surface area (Å²) in [4.78, 5) is 5.87. The Balaban J connectivity index is 0.000000208. The van der Waals surface area contributed by atoms with Crippen LogP contribution in [0.25, 0.3) is 0 Å². The lowest BCUT2D eigenvalue weighted by atomic mass is 10.1. The minimum absolute atomic E-state index is 0.0666. The van der Waals surface area contributed by atoms with E-state index in [-0.39, 0.29) is 4.90 Å². The van der Waals surface area contributed by atoms with E-state index in [1.807, 2.05) is 13.8 Å². The Hall–Kier alpha value is -2.03. The SMILES string of the molecule is CCc1cc(OC[C@H]2CCN2C)cnc1F.Cc1ccc(S(=O)(=O)O)cc1. The molecule has 27 heavy (non-hydrogen) atoms. The molecule has 1 aliphatic heterocycles. The van der Waals surface area contributed by atoms with Crippen molar-refractivity contribution in [3.63, 3.8) is 0 Å². The minimum Gasteiger partial charge on any atom is -0.490 e. The van der Waals surface area contributed by atoms with Gasteiger partial charge >= 0.3 is 0 Å². The summed E-state index contributed by atoms with van der Waals surface area (Å²) in [6.45, 7) is 5.54. The highest BCUT2D eigenvalue weighted by Crippen LogP contribution is 2.18. The van der Waals surface area contributed by atoms with Gasteiger partial charge in [0.25, 0.3) is 10.1 Å². The largest absolute Gasteiger partial charge is 0.490 e. The maximum Gasteiger partial charge on any atom is 0.294 e. The average molecular weight is 396 g/mol. The number of hydrogen-bond acceptors (Lipinski definition) is 5. The van der Waals surface area contributed by atoms with Crippen LogP contribution in [0.2, 0.25) is 0 Å². The summed E-state index contributed by atoms with van der Waals surface area (Å²) in [6.07, 6.45) is 3.26. The Kier molecular flexibility index (Phi) is 7.29. The molecule has 0 saturated carbocycles. The van der Waals surface area contributed by atoms with Gasteiger partial charge in [0, 0.05) is 11.6 Å². The number of nitrogens with zero attached hydrogens (tertiary/aromatic N) is 2. The molecule has 1 aromatic heterocycles. The maximum atomic E-state index is 13.1. The maximum absolute atomic E-state index is 13.1. The summed E-state index contributed by atoms with van der Waals surface area (Å²) in [6, 6.07) is 8.22. The number of likely N-dealkylation sites (N-methyl/N-ethyl adjacent to an activating group) is 1. The second kappa shape index (κ2) is 9.25. The van der Waals surface area contributed by atoms with Crippen molar-refractivity contribution in [1.82, 2.24) is 9.88 Å². The van der Waals surface area contributed by atoms with Crippen LogP contribution in [0, 0.1) is 12.9 Å². The highest BCUT2D eigenvalue weighted by molar-refractivity contribution is 7.85. The number of ether oxygens (including phenoxy) is 1. The monoisotopic (exact) mass is 396 g/mol. The van der Waals surface area contributed by atoms with Gasteiger partial charge in [-0.05, 0) is 51.6 Å². The topological polar surface area (TPSA) is 79.7 Å². The summed E-state index contributed by atoms with van der Waals surface area (Å²) >= 11 is 0. The normalized spacial score (nSPS) is 16.9. The molecule has 1 fully saturated rings. The smallest absolute Gasteiger partial charge is 0.294 e. The second-order valence-corrected chi connectivity index (χ2v) is 7.92. The van der Waals surface area contributed by atoms with Gasteiger partial charge in [0.15, 0.2) is 0 Å². The molecule has 6 nitrogen and oxygen atoms in total. The van der Waals surface area contributed by atoms with E-state index in [1.54, 1.807) is 18.2 Å². The number of aryl methyl sites for hydroxylation is 2. The number of hydrogen-bond donors (Lipinski definition) is 1. The molecule has 0 unspecified atom stereocenters. The summed E-state index contributed by atoms with van der Waals surface area (Å²) in [7, 11) is -1.94. The van der Waals surface area contributed by atoms with Gasteiger partial charge in [-0.1, -0.05) is 24.6 Å². The molecule has 8 heteroatoms. The van der Waals surface area contributed by atoms with E-state index in [0.717, 1.165) is 12.1 Å². The van der Waals surface area contributed by atoms with Gasteiger partial charge in [0.2, 0.25) is 5.95 Å². The van der Waals surface area contributed by atoms with Crippen molar-refractivity contribution in [3.8, 4) is 5.75 Å². The van der Waals surface area contributed by atoms with Crippen molar-refractivity contribution in [2.45, 2.75) is 37.6 Å². The van der Waals surface area contributed by atoms with Crippen LogP contribution in [0.3, 0.4) is 0 Å². The fraction of sp³-hybridized carbons (Fsp3) is 0.421. The van der Waals surface area contributed by atoms with E-state index in [4.69, 9.17) is 9.29 Å². The fourth-order valence-electron chi connectivity index (χ4n) is 2.48. The fourth-order valence-corrected chi connectivity index (χ4v) is 2.96. The molecule has 0 aliphatic carbocycles. The summed E-state index contributed by atoms with van der Waals surface area (Å²) < 4.78 is 48.3. The zero-order valence-corrected chi connectivity index (χ0v) is 16.5. The van der Waals surface area contributed by atoms with Gasteiger partial charge in [0.1, 0.15) is 12.4 Å². The molecule has 0 spiro atoms. The third-order valence-corrected chi connectivity index (χ3v) is 5.33. The van der Waals surface area contributed by atoms with Crippen LogP contribution in [0.1, 0.15) is 24.5 Å². The first kappa shape index (κ1) is 21.3. The first-order valence-electron chi connectivity index (χ1n) is 8.72. The Morgan fingerprint density at radius 2 is 2.00 bits per heavy atom. The molecule has 148 valence electrons. The van der Waals surface area contributed by atoms with Gasteiger partial charge in [-0.25, -0.2) is 4.98 Å². The molecule has 2 heterocycles. The number of halogens is 1. The quantitative estimate of drug-likeness (QED) is 0.618. The molecule has 1 aromatic carbocycles. The summed E-state index contributed by atoms with van der Waals surface area (Å²) in [5.41, 5.74) is 1.57. The van der Waals surface area contributed by atoms with Crippen LogP contribution < -0.4 is 4.74 Å². The van der Waals surface area contributed by atoms with Gasteiger partial charge in [-0.3, -0.25) is 9.45 Å². The number of aromatic nitrogens is 1. The van der Waals surface area contributed by atoms with Crippen molar-refractivity contribution >= 4 is 10.1 Å². The van der Waals surface area contributed by atoms with Crippen molar-refractivity contribution in [2.24, 2.45) is 0 Å². The van der Waals surface area contributed by atoms with Crippen LogP contribution in [0.5, 0.6) is 5.75 Å². The first-order valence-corrected chi connectivity index (χ1v) is 10.2. The zero-order chi connectivity index (χ0) is 20.0. The van der Waals surface area contributed by atoms with Crippen LogP contribution >= 0.6 is 0 Å². The van der Waals surface area contributed by atoms with E-state index in [0.29, 0.717) is 30.4 Å². The highest BCUT2D eigenvalue weighted by Gasteiger charge is 2.24. The van der Waals surface area contributed by atoms with E-state index >= 15 is 0 Å². The molecule has 2 aromatic rings. The van der Waals surface area contributed by atoms with E-state index < -0.39 is 16.1 Å². The lowest BCUT2D eigenvalue weighted by Gasteiger charge is -2.37. The number of likely N-dealkylation sites (tertiary alicyclic amines) is 1. The Morgan fingerprint density at radius 3 is 2.48 bits per heavy atom. The Bertz CT molecular complexity index is 857. The van der Waals surface area contributed by atoms with Crippen molar-refractivity contribution in [3.05, 3.63) is 53.6 Å². The molecule has 3 rings (SSSR count). The van der Waals surface area contributed by atoms with Gasteiger partial charge in [-0.15, -0.1) is 0 Å². The molecule has 1 atom stereocenters. The van der Waals surface area contributed by atoms with Gasteiger partial charge < -0.3 is 4.74 Å². The van der Waals surface area contributed by atoms with Crippen LogP contribution in [-0.4, -0.2) is 49.1 Å². The van der Waals surface area contributed by atoms with Gasteiger partial charge in [-0.2, -0.15) is 12.8 Å². The van der Waals surface area contributed by atoms with Crippen LogP contribution in [0.15, 0.2) is 41.4 Å². The summed E-state index contributed by atoms with van der Waals surface area (Å²) in [5, 5.41) is 0. The number of rotatable bonds is 5. The molecule has 0 bridgehead atoms. The zero-order valence-electron chi connectivity index (χ0n) is 15.7. The van der Waals surface area contributed by atoms with E-state index in [9.17, 15) is 12.8 Å². The minimum atomic E-state index is -4.02. The Morgan fingerprint density at radius 1 is 1.33 bits per heavy atom. The molecule has 1 N–H and O–H groups in total. The van der Waals surface area contributed by atoms with Crippen molar-refractivity contribution in [2.75, 3.05) is 20.2 Å². The van der Waals surface area contributed by atoms with Crippen LogP contribution in [0.4, 0.5) is 4.39 Å². The number of benzene rings is 1. The first-order chi connectivity index (χ1) is 12.7. The van der Waals surface area contributed by atoms with Gasteiger partial charge in [0.05, 0.1) is 11.1 Å². The molecule has 1 aliphatic rings. The van der Waals surface area contributed by atoms with Crippen molar-refractivity contribution in [1.29, 1.82) is 0 Å². The number of pyridine rings is 1. The van der Waals surface area contributed by atoms with Crippen LogP contribution in [-0.2, 0) is 16.5 Å². The average Bonchev–Trinajstić information content (AvgIpc) is 2.62. The predicted molar refractivity (Wildman–Crippen MR) is 101 cm³/mol. The predicted octanol–water partition coefficient (Wildman–Crippen LogP) is 3.11. The Labute approximate surface area is 159 Å². The second-order valence-electron chi connectivity index (χ2n) is 6.50. The summed E-state index contributed by atoms with van der Waals surface area (Å²) in [5.74, 6) is 0.272. The molecular formula is C19H25FN2O4S.